The van der Waals surface area contributed by atoms with Crippen molar-refractivity contribution in [2.75, 3.05) is 0 Å². The monoisotopic (exact) mass is 552 g/mol. The number of aliphatic hydroxyl groups is 1. The van der Waals surface area contributed by atoms with Crippen LogP contribution in [0.25, 0.3) is 33.9 Å². The second-order valence-electron chi connectivity index (χ2n) is 9.35. The molecule has 4 heterocycles. The number of pyridine rings is 1. The topological polar surface area (TPSA) is 134 Å². The number of nitrogens with one attached hydrogen (secondary N) is 2. The molecule has 13 heteroatoms. The van der Waals surface area contributed by atoms with E-state index in [4.69, 9.17) is 16.6 Å². The number of amides is 1. The van der Waals surface area contributed by atoms with Crippen LogP contribution in [0.5, 0.6) is 0 Å². The number of carbonyl (C=O) groups is 1. The molecule has 3 N–H and O–H groups in total. The lowest BCUT2D eigenvalue weighted by molar-refractivity contribution is -0.0486. The zero-order valence-corrected chi connectivity index (χ0v) is 21.7. The molecule has 3 atom stereocenters. The highest BCUT2D eigenvalue weighted by molar-refractivity contribution is 7.17. The van der Waals surface area contributed by atoms with Gasteiger partial charge in [-0.05, 0) is 44.4 Å². The summed E-state index contributed by atoms with van der Waals surface area (Å²) < 4.78 is 17.3. The third kappa shape index (κ3) is 4.24. The summed E-state index contributed by atoms with van der Waals surface area (Å²) in [6.45, 7) is 1.69. The molecule has 1 aromatic carbocycles. The lowest BCUT2D eigenvalue weighted by Crippen LogP contribution is -2.57. The SMILES string of the molecule is CC1(O)[C@@H](NC(=O)c2ncc(Cl)s2)CCC[C@H]1n1c(-c2ccccc2F)nc2cnc(-c3ncn[nH]3)cc21. The van der Waals surface area contributed by atoms with Crippen LogP contribution in [0.4, 0.5) is 4.39 Å². The van der Waals surface area contributed by atoms with Gasteiger partial charge < -0.3 is 15.0 Å². The van der Waals surface area contributed by atoms with E-state index < -0.39 is 29.4 Å². The van der Waals surface area contributed by atoms with E-state index >= 15 is 4.39 Å². The maximum atomic E-state index is 15.1. The quantitative estimate of drug-likeness (QED) is 0.294. The predicted molar refractivity (Wildman–Crippen MR) is 140 cm³/mol. The van der Waals surface area contributed by atoms with Crippen LogP contribution in [-0.2, 0) is 0 Å². The lowest BCUT2D eigenvalue weighted by atomic mass is 9.77. The van der Waals surface area contributed by atoms with Gasteiger partial charge in [0.25, 0.3) is 5.91 Å². The second kappa shape index (κ2) is 9.53. The summed E-state index contributed by atoms with van der Waals surface area (Å²) >= 11 is 7.03. The van der Waals surface area contributed by atoms with E-state index in [1.807, 2.05) is 4.57 Å². The fraction of sp³-hybridized carbons (Fsp3) is 0.280. The van der Waals surface area contributed by atoms with Crippen LogP contribution < -0.4 is 5.32 Å². The molecular formula is C25H22ClFN8O2S. The summed E-state index contributed by atoms with van der Waals surface area (Å²) in [4.78, 5) is 30.3. The standard InChI is InChI=1S/C25H22ClFN8O2S/c1-25(37)18(33-23(36)24-29-11-20(26)38-24)7-4-8-19(25)35-17-9-15(21-30-12-31-34-21)28-10-16(17)32-22(35)13-5-2-3-6-14(13)27/h2-3,5-6,9-12,18-19,37H,4,7-8H2,1H3,(H,33,36)(H,30,31,34)/t18-,19+,25?/m0/s1. The number of hydrogen-bond donors (Lipinski definition) is 3. The minimum absolute atomic E-state index is 0.218. The number of imidazole rings is 1. The number of nitrogens with zero attached hydrogens (tertiary/aromatic N) is 6. The third-order valence-electron chi connectivity index (χ3n) is 6.99. The van der Waals surface area contributed by atoms with Crippen LogP contribution in [0.1, 0.15) is 42.0 Å². The first-order valence-electron chi connectivity index (χ1n) is 12.0. The van der Waals surface area contributed by atoms with Crippen LogP contribution >= 0.6 is 22.9 Å². The second-order valence-corrected chi connectivity index (χ2v) is 11.0. The van der Waals surface area contributed by atoms with Gasteiger partial charge in [0.15, 0.2) is 10.8 Å². The van der Waals surface area contributed by atoms with Crippen LogP contribution in [0.15, 0.2) is 49.1 Å². The summed E-state index contributed by atoms with van der Waals surface area (Å²) in [6.07, 6.45) is 6.24. The largest absolute Gasteiger partial charge is 0.386 e. The number of carbonyl (C=O) groups excluding carboxylic acids is 1. The van der Waals surface area contributed by atoms with Crippen molar-refractivity contribution in [1.82, 2.24) is 40.0 Å². The van der Waals surface area contributed by atoms with Crippen molar-refractivity contribution >= 4 is 39.9 Å². The summed E-state index contributed by atoms with van der Waals surface area (Å²) in [5.41, 5.74) is 0.583. The van der Waals surface area contributed by atoms with Gasteiger partial charge in [0.1, 0.15) is 39.1 Å². The normalized spacial score (nSPS) is 21.6. The maximum absolute atomic E-state index is 15.1. The minimum Gasteiger partial charge on any atom is -0.386 e. The van der Waals surface area contributed by atoms with Crippen molar-refractivity contribution < 1.29 is 14.3 Å². The highest BCUT2D eigenvalue weighted by atomic mass is 35.5. The first kappa shape index (κ1) is 24.6. The van der Waals surface area contributed by atoms with Gasteiger partial charge >= 0.3 is 0 Å². The van der Waals surface area contributed by atoms with Crippen molar-refractivity contribution in [3.8, 4) is 22.9 Å². The Balaban J connectivity index is 1.47. The Hall–Kier alpha value is -3.74. The van der Waals surface area contributed by atoms with E-state index in [1.54, 1.807) is 37.4 Å². The highest BCUT2D eigenvalue weighted by Gasteiger charge is 2.46. The Morgan fingerprint density at radius 3 is 2.84 bits per heavy atom. The molecule has 0 saturated heterocycles. The molecule has 194 valence electrons. The van der Waals surface area contributed by atoms with Gasteiger partial charge in [-0.25, -0.2) is 19.3 Å². The van der Waals surface area contributed by atoms with Crippen molar-refractivity contribution in [3.05, 3.63) is 64.2 Å². The molecule has 1 fully saturated rings. The zero-order valence-electron chi connectivity index (χ0n) is 20.1. The number of fused-ring (bicyclic) bond motifs is 1. The number of halogens is 2. The third-order valence-corrected chi connectivity index (χ3v) is 8.10. The summed E-state index contributed by atoms with van der Waals surface area (Å²) in [5, 5.41) is 21.8. The zero-order chi connectivity index (χ0) is 26.4. The molecule has 1 saturated carbocycles. The average molecular weight is 553 g/mol. The molecule has 10 nitrogen and oxygen atoms in total. The molecule has 1 aliphatic rings. The van der Waals surface area contributed by atoms with Gasteiger partial charge in [-0.3, -0.25) is 14.9 Å². The predicted octanol–water partition coefficient (Wildman–Crippen LogP) is 4.41. The van der Waals surface area contributed by atoms with E-state index in [0.717, 1.165) is 11.3 Å². The smallest absolute Gasteiger partial charge is 0.280 e. The molecule has 0 radical (unpaired) electrons. The number of thiazole rings is 1. The fourth-order valence-corrected chi connectivity index (χ4v) is 5.94. The van der Waals surface area contributed by atoms with E-state index in [0.29, 0.717) is 57.5 Å². The molecule has 5 aromatic rings. The maximum Gasteiger partial charge on any atom is 0.280 e. The fourth-order valence-electron chi connectivity index (χ4n) is 5.13. The highest BCUT2D eigenvalue weighted by Crippen LogP contribution is 2.42. The van der Waals surface area contributed by atoms with Crippen molar-refractivity contribution in [2.45, 2.75) is 43.9 Å². The number of aromatic amines is 1. The van der Waals surface area contributed by atoms with Gasteiger partial charge in [-0.15, -0.1) is 0 Å². The van der Waals surface area contributed by atoms with Gasteiger partial charge in [-0.1, -0.05) is 35.1 Å². The molecule has 1 amide bonds. The molecule has 1 unspecified atom stereocenters. The number of hydrogen-bond acceptors (Lipinski definition) is 8. The van der Waals surface area contributed by atoms with Gasteiger partial charge in [-0.2, -0.15) is 5.10 Å². The lowest BCUT2D eigenvalue weighted by Gasteiger charge is -2.44. The Morgan fingerprint density at radius 1 is 1.26 bits per heavy atom. The van der Waals surface area contributed by atoms with Crippen molar-refractivity contribution in [1.29, 1.82) is 0 Å². The molecule has 1 aliphatic carbocycles. The molecule has 38 heavy (non-hydrogen) atoms. The molecule has 0 spiro atoms. The number of H-pyrrole nitrogens is 1. The molecule has 6 rings (SSSR count). The van der Waals surface area contributed by atoms with Gasteiger partial charge in [0, 0.05) is 0 Å². The van der Waals surface area contributed by atoms with E-state index in [2.05, 4.69) is 30.5 Å². The molecule has 0 bridgehead atoms. The van der Waals surface area contributed by atoms with Crippen LogP contribution in [0, 0.1) is 5.82 Å². The summed E-state index contributed by atoms with van der Waals surface area (Å²) in [6, 6.07) is 7.02. The summed E-state index contributed by atoms with van der Waals surface area (Å²) in [5.74, 6) is -0.0174. The van der Waals surface area contributed by atoms with Gasteiger partial charge in [0.05, 0.1) is 35.6 Å². The first-order chi connectivity index (χ1) is 18.3. The van der Waals surface area contributed by atoms with E-state index in [9.17, 15) is 9.90 Å². The first-order valence-corrected chi connectivity index (χ1v) is 13.2. The van der Waals surface area contributed by atoms with E-state index in [-0.39, 0.29) is 5.01 Å². The average Bonchev–Trinajstić information content (AvgIpc) is 3.65. The Kier molecular flexibility index (Phi) is 6.17. The Morgan fingerprint density at radius 2 is 2.11 bits per heavy atom. The Bertz CT molecular complexity index is 1630. The minimum atomic E-state index is -1.42. The van der Waals surface area contributed by atoms with E-state index in [1.165, 1.54) is 18.6 Å². The molecular weight excluding hydrogens is 531 g/mol. The Labute approximate surface area is 225 Å². The van der Waals surface area contributed by atoms with Crippen molar-refractivity contribution in [3.63, 3.8) is 0 Å². The molecule has 4 aromatic heterocycles. The molecule has 0 aliphatic heterocycles. The van der Waals surface area contributed by atoms with Gasteiger partial charge in [0.2, 0.25) is 0 Å². The number of benzene rings is 1. The van der Waals surface area contributed by atoms with Crippen LogP contribution in [0.2, 0.25) is 4.34 Å². The summed E-state index contributed by atoms with van der Waals surface area (Å²) in [7, 11) is 0. The number of rotatable bonds is 5. The number of aromatic nitrogens is 7. The van der Waals surface area contributed by atoms with Crippen molar-refractivity contribution in [2.24, 2.45) is 0 Å². The van der Waals surface area contributed by atoms with Crippen LogP contribution in [0.3, 0.4) is 0 Å². The van der Waals surface area contributed by atoms with Crippen LogP contribution in [-0.4, -0.2) is 57.4 Å².